The highest BCUT2D eigenvalue weighted by molar-refractivity contribution is 8.02. The molecule has 138 valence electrons. The van der Waals surface area contributed by atoms with Gasteiger partial charge in [-0.25, -0.2) is 8.42 Å². The molecule has 26 heavy (non-hydrogen) atoms. The number of amides is 1. The van der Waals surface area contributed by atoms with Crippen LogP contribution in [-0.4, -0.2) is 38.2 Å². The summed E-state index contributed by atoms with van der Waals surface area (Å²) in [6.45, 7) is 0. The van der Waals surface area contributed by atoms with Gasteiger partial charge < -0.3 is 10.1 Å². The zero-order valence-corrected chi connectivity index (χ0v) is 16.5. The van der Waals surface area contributed by atoms with Crippen molar-refractivity contribution in [1.82, 2.24) is 0 Å². The van der Waals surface area contributed by atoms with Crippen LogP contribution in [0.2, 0.25) is 5.02 Å². The number of benzene rings is 2. The van der Waals surface area contributed by atoms with Crippen molar-refractivity contribution < 1.29 is 17.9 Å². The van der Waals surface area contributed by atoms with Crippen LogP contribution < -0.4 is 10.1 Å². The Bertz CT molecular complexity index is 931. The molecule has 0 aromatic heterocycles. The highest BCUT2D eigenvalue weighted by Gasteiger charge is 2.29. The van der Waals surface area contributed by atoms with E-state index in [1.165, 1.54) is 18.9 Å². The number of hydrogen-bond acceptors (Lipinski definition) is 5. The molecule has 0 bridgehead atoms. The van der Waals surface area contributed by atoms with Crippen molar-refractivity contribution in [2.24, 2.45) is 0 Å². The summed E-state index contributed by atoms with van der Waals surface area (Å²) in [7, 11) is -1.45. The molecule has 8 heteroatoms. The Hall–Kier alpha value is -1.70. The number of thioether (sulfide) groups is 1. The van der Waals surface area contributed by atoms with E-state index in [9.17, 15) is 13.2 Å². The van der Waals surface area contributed by atoms with E-state index < -0.39 is 9.84 Å². The Kier molecular flexibility index (Phi) is 5.79. The molecule has 3 rings (SSSR count). The lowest BCUT2D eigenvalue weighted by Crippen LogP contribution is -2.14. The van der Waals surface area contributed by atoms with Gasteiger partial charge in [-0.1, -0.05) is 23.7 Å². The minimum Gasteiger partial charge on any atom is -0.495 e. The Balaban J connectivity index is 1.81. The first-order valence-electron chi connectivity index (χ1n) is 7.99. The number of nitrogens with one attached hydrogen (secondary N) is 1. The maximum atomic E-state index is 12.8. The Morgan fingerprint density at radius 1 is 1.27 bits per heavy atom. The fourth-order valence-corrected chi connectivity index (χ4v) is 6.56. The Morgan fingerprint density at radius 3 is 2.73 bits per heavy atom. The highest BCUT2D eigenvalue weighted by atomic mass is 35.5. The van der Waals surface area contributed by atoms with Crippen molar-refractivity contribution in [2.45, 2.75) is 16.6 Å². The van der Waals surface area contributed by atoms with Crippen LogP contribution in [0.15, 0.2) is 47.4 Å². The standard InChI is InChI=1S/C18H18ClNO4S2/c1-24-16-7-6-12(19)10-15(16)20-18(21)14-4-2-3-5-17(14)25-13-8-9-26(22,23)11-13/h2-7,10,13H,8-9,11H2,1H3,(H,20,21)/t13-/m1/s1. The summed E-state index contributed by atoms with van der Waals surface area (Å²) >= 11 is 7.44. The molecule has 2 aromatic carbocycles. The zero-order chi connectivity index (χ0) is 18.7. The molecule has 1 saturated heterocycles. The van der Waals surface area contributed by atoms with Gasteiger partial charge in [0, 0.05) is 15.2 Å². The third-order valence-corrected chi connectivity index (χ3v) is 7.59. The van der Waals surface area contributed by atoms with Crippen molar-refractivity contribution in [1.29, 1.82) is 0 Å². The highest BCUT2D eigenvalue weighted by Crippen LogP contribution is 2.34. The van der Waals surface area contributed by atoms with E-state index in [0.717, 1.165) is 4.90 Å². The number of carbonyl (C=O) groups is 1. The van der Waals surface area contributed by atoms with Gasteiger partial charge in [0.2, 0.25) is 0 Å². The maximum absolute atomic E-state index is 12.8. The minimum absolute atomic E-state index is 0.0327. The third kappa shape index (κ3) is 4.52. The molecule has 0 saturated carbocycles. The van der Waals surface area contributed by atoms with Crippen molar-refractivity contribution in [2.75, 3.05) is 23.9 Å². The predicted octanol–water partition coefficient (Wildman–Crippen LogP) is 3.88. The molecule has 1 amide bonds. The van der Waals surface area contributed by atoms with Crippen LogP contribution in [0.1, 0.15) is 16.8 Å². The van der Waals surface area contributed by atoms with Crippen LogP contribution in [0.4, 0.5) is 5.69 Å². The second-order valence-corrected chi connectivity index (χ2v) is 9.95. The molecule has 5 nitrogen and oxygen atoms in total. The summed E-state index contributed by atoms with van der Waals surface area (Å²) in [4.78, 5) is 13.5. The third-order valence-electron chi connectivity index (χ3n) is 4.03. The van der Waals surface area contributed by atoms with Crippen molar-refractivity contribution in [3.63, 3.8) is 0 Å². The van der Waals surface area contributed by atoms with Gasteiger partial charge in [0.1, 0.15) is 5.75 Å². The maximum Gasteiger partial charge on any atom is 0.256 e. The van der Waals surface area contributed by atoms with Crippen molar-refractivity contribution in [3.8, 4) is 5.75 Å². The zero-order valence-electron chi connectivity index (χ0n) is 14.1. The molecule has 1 N–H and O–H groups in total. The van der Waals surface area contributed by atoms with Crippen LogP contribution >= 0.6 is 23.4 Å². The molecule has 1 fully saturated rings. The van der Waals surface area contributed by atoms with E-state index in [1.807, 2.05) is 12.1 Å². The van der Waals surface area contributed by atoms with Crippen molar-refractivity contribution >= 4 is 44.8 Å². The fourth-order valence-electron chi connectivity index (χ4n) is 2.76. The minimum atomic E-state index is -2.96. The van der Waals surface area contributed by atoms with Gasteiger partial charge >= 0.3 is 0 Å². The van der Waals surface area contributed by atoms with Crippen LogP contribution in [-0.2, 0) is 9.84 Å². The molecule has 2 aromatic rings. The monoisotopic (exact) mass is 411 g/mol. The van der Waals surface area contributed by atoms with Crippen molar-refractivity contribution in [3.05, 3.63) is 53.1 Å². The Labute approximate surface area is 162 Å². The number of ether oxygens (including phenoxy) is 1. The number of anilines is 1. The van der Waals surface area contributed by atoms with E-state index in [2.05, 4.69) is 5.32 Å². The van der Waals surface area contributed by atoms with Gasteiger partial charge in [-0.3, -0.25) is 4.79 Å². The van der Waals surface area contributed by atoms with Gasteiger partial charge in [-0.2, -0.15) is 0 Å². The molecule has 0 radical (unpaired) electrons. The van der Waals surface area contributed by atoms with Gasteiger partial charge in [0.15, 0.2) is 9.84 Å². The molecular formula is C18H18ClNO4S2. The molecule has 1 atom stereocenters. The van der Waals surface area contributed by atoms with E-state index in [-0.39, 0.29) is 22.7 Å². The number of methoxy groups -OCH3 is 1. The first-order valence-corrected chi connectivity index (χ1v) is 11.1. The average molecular weight is 412 g/mol. The lowest BCUT2D eigenvalue weighted by molar-refractivity contribution is 0.102. The van der Waals surface area contributed by atoms with Gasteiger partial charge in [-0.05, 0) is 36.8 Å². The summed E-state index contributed by atoms with van der Waals surface area (Å²) in [5, 5.41) is 3.27. The SMILES string of the molecule is COc1ccc(Cl)cc1NC(=O)c1ccccc1S[C@@H]1CCS(=O)(=O)C1. The lowest BCUT2D eigenvalue weighted by Gasteiger charge is -2.14. The first kappa shape index (κ1) is 19.1. The summed E-state index contributed by atoms with van der Waals surface area (Å²) in [5.41, 5.74) is 0.970. The van der Waals surface area contributed by atoms with Gasteiger partial charge in [-0.15, -0.1) is 11.8 Å². The first-order chi connectivity index (χ1) is 12.4. The summed E-state index contributed by atoms with van der Waals surface area (Å²) < 4.78 is 28.6. The number of halogens is 1. The van der Waals surface area contributed by atoms with Crippen LogP contribution in [0, 0.1) is 0 Å². The molecule has 0 unspecified atom stereocenters. The smallest absolute Gasteiger partial charge is 0.256 e. The van der Waals surface area contributed by atoms with Crippen LogP contribution in [0.3, 0.4) is 0 Å². The van der Waals surface area contributed by atoms with E-state index in [4.69, 9.17) is 16.3 Å². The van der Waals surface area contributed by atoms with E-state index in [1.54, 1.807) is 30.3 Å². The Morgan fingerprint density at radius 2 is 2.04 bits per heavy atom. The van der Waals surface area contributed by atoms with Gasteiger partial charge in [0.05, 0.1) is 29.9 Å². The van der Waals surface area contributed by atoms with E-state index in [0.29, 0.717) is 28.4 Å². The summed E-state index contributed by atoms with van der Waals surface area (Å²) in [6.07, 6.45) is 0.602. The summed E-state index contributed by atoms with van der Waals surface area (Å²) in [5.74, 6) is 0.568. The second-order valence-electron chi connectivity index (χ2n) is 5.94. The molecule has 0 spiro atoms. The van der Waals surface area contributed by atoms with Gasteiger partial charge in [0.25, 0.3) is 5.91 Å². The molecule has 1 aliphatic rings. The quantitative estimate of drug-likeness (QED) is 0.808. The van der Waals surface area contributed by atoms with E-state index >= 15 is 0 Å². The normalized spacial score (nSPS) is 18.5. The molecule has 0 aliphatic carbocycles. The number of carbonyl (C=O) groups excluding carboxylic acids is 1. The number of sulfone groups is 1. The number of rotatable bonds is 5. The molecule has 1 aliphatic heterocycles. The largest absolute Gasteiger partial charge is 0.495 e. The fraction of sp³-hybridized carbons (Fsp3) is 0.278. The topological polar surface area (TPSA) is 72.5 Å². The molecule has 1 heterocycles. The lowest BCUT2D eigenvalue weighted by atomic mass is 10.2. The van der Waals surface area contributed by atoms with Crippen LogP contribution in [0.5, 0.6) is 5.75 Å². The second kappa shape index (κ2) is 7.90. The average Bonchev–Trinajstić information content (AvgIpc) is 2.94. The predicted molar refractivity (Wildman–Crippen MR) is 105 cm³/mol. The molecular weight excluding hydrogens is 394 g/mol. The summed E-state index contributed by atoms with van der Waals surface area (Å²) in [6, 6.07) is 12.2. The van der Waals surface area contributed by atoms with Crippen LogP contribution in [0.25, 0.3) is 0 Å². The number of hydrogen-bond donors (Lipinski definition) is 1.